The Morgan fingerprint density at radius 1 is 1.38 bits per heavy atom. The third kappa shape index (κ3) is 3.22. The van der Waals surface area contributed by atoms with Crippen LogP contribution in [0.3, 0.4) is 0 Å². The molecule has 0 bridgehead atoms. The van der Waals surface area contributed by atoms with E-state index in [9.17, 15) is 9.59 Å². The predicted octanol–water partition coefficient (Wildman–Crippen LogP) is 2.07. The van der Waals surface area contributed by atoms with Gasteiger partial charge >= 0.3 is 11.9 Å². The lowest BCUT2D eigenvalue weighted by atomic mass is 9.75. The molecule has 1 aliphatic carbocycles. The molecule has 0 aromatic carbocycles. The number of hydrogen-bond donors (Lipinski definition) is 1. The van der Waals surface area contributed by atoms with Crippen molar-refractivity contribution in [2.75, 3.05) is 0 Å². The summed E-state index contributed by atoms with van der Waals surface area (Å²) in [5, 5.41) is 9.01. The summed E-state index contributed by atoms with van der Waals surface area (Å²) in [4.78, 5) is 22.0. The second kappa shape index (κ2) is 5.32. The van der Waals surface area contributed by atoms with Gasteiger partial charge in [0.2, 0.25) is 0 Å². The molecule has 0 heterocycles. The van der Waals surface area contributed by atoms with Crippen LogP contribution < -0.4 is 0 Å². The van der Waals surface area contributed by atoms with Crippen molar-refractivity contribution in [2.24, 2.45) is 17.8 Å². The molecule has 1 rings (SSSR count). The number of hydrogen-bond acceptors (Lipinski definition) is 3. The first kappa shape index (κ1) is 13.0. The molecule has 4 nitrogen and oxygen atoms in total. The number of carboxylic acid groups (broad SMARTS) is 1. The van der Waals surface area contributed by atoms with Gasteiger partial charge in [0, 0.05) is 12.8 Å². The Labute approximate surface area is 96.0 Å². The zero-order valence-corrected chi connectivity index (χ0v) is 10.1. The number of carboxylic acids is 1. The van der Waals surface area contributed by atoms with Crippen LogP contribution in [0.5, 0.6) is 0 Å². The van der Waals surface area contributed by atoms with Gasteiger partial charge < -0.3 is 9.84 Å². The van der Waals surface area contributed by atoms with E-state index in [4.69, 9.17) is 9.84 Å². The van der Waals surface area contributed by atoms with Gasteiger partial charge in [0.05, 0.1) is 5.92 Å². The first-order valence-corrected chi connectivity index (χ1v) is 5.81. The monoisotopic (exact) mass is 228 g/mol. The largest absolute Gasteiger partial charge is 0.481 e. The maximum absolute atomic E-state index is 11.0. The Kier molecular flexibility index (Phi) is 4.33. The molecule has 0 amide bonds. The first-order chi connectivity index (χ1) is 7.41. The molecule has 0 aliphatic heterocycles. The minimum Gasteiger partial charge on any atom is -0.481 e. The number of aliphatic carboxylic acids is 1. The summed E-state index contributed by atoms with van der Waals surface area (Å²) in [5.74, 6) is -1.12. The highest BCUT2D eigenvalue weighted by Gasteiger charge is 2.37. The van der Waals surface area contributed by atoms with Gasteiger partial charge in [0.15, 0.2) is 0 Å². The van der Waals surface area contributed by atoms with E-state index in [0.717, 1.165) is 19.3 Å². The van der Waals surface area contributed by atoms with E-state index in [0.29, 0.717) is 5.92 Å². The van der Waals surface area contributed by atoms with Gasteiger partial charge in [-0.05, 0) is 18.8 Å². The second-order valence-electron chi connectivity index (χ2n) is 4.86. The maximum atomic E-state index is 11.0. The van der Waals surface area contributed by atoms with Crippen molar-refractivity contribution in [3.05, 3.63) is 0 Å². The summed E-state index contributed by atoms with van der Waals surface area (Å²) >= 11 is 0. The van der Waals surface area contributed by atoms with Crippen LogP contribution >= 0.6 is 0 Å². The van der Waals surface area contributed by atoms with Gasteiger partial charge in [-0.15, -0.1) is 0 Å². The van der Waals surface area contributed by atoms with Crippen molar-refractivity contribution in [3.63, 3.8) is 0 Å². The molecular weight excluding hydrogens is 208 g/mol. The van der Waals surface area contributed by atoms with Crippen LogP contribution in [0, 0.1) is 17.8 Å². The van der Waals surface area contributed by atoms with E-state index in [1.807, 2.05) is 0 Å². The van der Waals surface area contributed by atoms with Crippen molar-refractivity contribution >= 4 is 11.9 Å². The van der Waals surface area contributed by atoms with Crippen LogP contribution in [0.15, 0.2) is 0 Å². The van der Waals surface area contributed by atoms with Crippen LogP contribution in [0.2, 0.25) is 0 Å². The fraction of sp³-hybridized carbons (Fsp3) is 0.833. The zero-order valence-electron chi connectivity index (χ0n) is 10.1. The molecular formula is C12H20O4. The third-order valence-corrected chi connectivity index (χ3v) is 3.45. The summed E-state index contributed by atoms with van der Waals surface area (Å²) in [5.41, 5.74) is 0. The standard InChI is InChI=1S/C12H20O4/c1-7-4-5-10(8(2)12(14)15)11(6-7)16-9(3)13/h7-8,10-11H,4-6H2,1-3H3,(H,14,15)/t7-,8?,10+,11-/m1/s1. The Morgan fingerprint density at radius 2 is 2.00 bits per heavy atom. The quantitative estimate of drug-likeness (QED) is 0.751. The topological polar surface area (TPSA) is 63.6 Å². The number of carbonyl (C=O) groups is 2. The van der Waals surface area contributed by atoms with Crippen molar-refractivity contribution in [1.82, 2.24) is 0 Å². The normalized spacial score (nSPS) is 31.8. The molecule has 0 radical (unpaired) electrons. The molecule has 0 saturated heterocycles. The molecule has 1 N–H and O–H groups in total. The van der Waals surface area contributed by atoms with Crippen molar-refractivity contribution in [2.45, 2.75) is 46.1 Å². The van der Waals surface area contributed by atoms with Gasteiger partial charge in [-0.1, -0.05) is 20.3 Å². The van der Waals surface area contributed by atoms with Crippen molar-refractivity contribution in [3.8, 4) is 0 Å². The molecule has 1 unspecified atom stereocenters. The van der Waals surface area contributed by atoms with Gasteiger partial charge in [0.1, 0.15) is 6.10 Å². The summed E-state index contributed by atoms with van der Waals surface area (Å²) < 4.78 is 5.24. The summed E-state index contributed by atoms with van der Waals surface area (Å²) in [6.07, 6.45) is 2.39. The highest BCUT2D eigenvalue weighted by Crippen LogP contribution is 2.35. The van der Waals surface area contributed by atoms with Crippen LogP contribution in [-0.4, -0.2) is 23.1 Å². The van der Waals surface area contributed by atoms with Crippen LogP contribution in [0.1, 0.15) is 40.0 Å². The maximum Gasteiger partial charge on any atom is 0.306 e. The van der Waals surface area contributed by atoms with Gasteiger partial charge in [-0.3, -0.25) is 9.59 Å². The molecule has 92 valence electrons. The first-order valence-electron chi connectivity index (χ1n) is 5.81. The summed E-state index contributed by atoms with van der Waals surface area (Å²) in [6.45, 7) is 5.18. The highest BCUT2D eigenvalue weighted by molar-refractivity contribution is 5.70. The minimum atomic E-state index is -0.809. The number of esters is 1. The summed E-state index contributed by atoms with van der Waals surface area (Å²) in [6, 6.07) is 0. The number of carbonyl (C=O) groups excluding carboxylic acids is 1. The highest BCUT2D eigenvalue weighted by atomic mass is 16.5. The zero-order chi connectivity index (χ0) is 12.3. The van der Waals surface area contributed by atoms with E-state index < -0.39 is 11.9 Å². The minimum absolute atomic E-state index is 0.0439. The van der Waals surface area contributed by atoms with Crippen LogP contribution in [0.4, 0.5) is 0 Å². The SMILES string of the molecule is CC(=O)O[C@@H]1C[C@H](C)CC[C@H]1C(C)C(=O)O. The fourth-order valence-corrected chi connectivity index (χ4v) is 2.46. The Bertz CT molecular complexity index is 274. The van der Waals surface area contributed by atoms with Crippen LogP contribution in [-0.2, 0) is 14.3 Å². The Hall–Kier alpha value is -1.06. The van der Waals surface area contributed by atoms with Crippen molar-refractivity contribution < 1.29 is 19.4 Å². The Morgan fingerprint density at radius 3 is 2.50 bits per heavy atom. The summed E-state index contributed by atoms with van der Waals surface area (Å²) in [7, 11) is 0. The van der Waals surface area contributed by atoms with E-state index in [1.165, 1.54) is 6.92 Å². The lowest BCUT2D eigenvalue weighted by Crippen LogP contribution is -2.38. The average molecular weight is 228 g/mol. The lowest BCUT2D eigenvalue weighted by molar-refractivity contribution is -0.159. The third-order valence-electron chi connectivity index (χ3n) is 3.45. The second-order valence-corrected chi connectivity index (χ2v) is 4.86. The molecule has 0 aromatic rings. The molecule has 1 saturated carbocycles. The van der Waals surface area contributed by atoms with Gasteiger partial charge in [-0.25, -0.2) is 0 Å². The molecule has 4 atom stereocenters. The molecule has 4 heteroatoms. The number of ether oxygens (including phenoxy) is 1. The van der Waals surface area contributed by atoms with E-state index in [1.54, 1.807) is 6.92 Å². The van der Waals surface area contributed by atoms with E-state index in [2.05, 4.69) is 6.92 Å². The van der Waals surface area contributed by atoms with Crippen LogP contribution in [0.25, 0.3) is 0 Å². The molecule has 0 spiro atoms. The molecule has 16 heavy (non-hydrogen) atoms. The van der Waals surface area contributed by atoms with Gasteiger partial charge in [-0.2, -0.15) is 0 Å². The Balaban J connectivity index is 2.71. The smallest absolute Gasteiger partial charge is 0.306 e. The van der Waals surface area contributed by atoms with E-state index in [-0.39, 0.29) is 18.0 Å². The fourth-order valence-electron chi connectivity index (χ4n) is 2.46. The average Bonchev–Trinajstić information content (AvgIpc) is 2.15. The molecule has 1 fully saturated rings. The molecule has 1 aliphatic rings. The van der Waals surface area contributed by atoms with Gasteiger partial charge in [0.25, 0.3) is 0 Å². The lowest BCUT2D eigenvalue weighted by Gasteiger charge is -2.36. The predicted molar refractivity (Wildman–Crippen MR) is 58.9 cm³/mol. The molecule has 0 aromatic heterocycles. The van der Waals surface area contributed by atoms with Crippen molar-refractivity contribution in [1.29, 1.82) is 0 Å². The number of rotatable bonds is 3. The van der Waals surface area contributed by atoms with E-state index >= 15 is 0 Å².